The van der Waals surface area contributed by atoms with E-state index in [9.17, 15) is 4.79 Å². The molecule has 0 aliphatic heterocycles. The van der Waals surface area contributed by atoms with Crippen molar-refractivity contribution in [3.05, 3.63) is 34.9 Å². The summed E-state index contributed by atoms with van der Waals surface area (Å²) in [6, 6.07) is 1.94. The number of nitrogens with one attached hydrogen (secondary N) is 1. The highest BCUT2D eigenvalue weighted by Gasteiger charge is 2.07. The number of hydrogen-bond acceptors (Lipinski definition) is 2. The molecular formula is C13H17N3O. The van der Waals surface area contributed by atoms with E-state index in [1.807, 2.05) is 6.07 Å². The van der Waals surface area contributed by atoms with Crippen molar-refractivity contribution in [1.29, 1.82) is 0 Å². The van der Waals surface area contributed by atoms with Crippen LogP contribution in [0.3, 0.4) is 0 Å². The Morgan fingerprint density at radius 3 is 3.06 bits per heavy atom. The number of unbranched alkanes of at least 4 members (excludes halogenated alkanes) is 2. The lowest BCUT2D eigenvalue weighted by atomic mass is 10.2. The summed E-state index contributed by atoms with van der Waals surface area (Å²) in [6.07, 6.45) is 6.74. The average Bonchev–Trinajstić information content (AvgIpc) is 2.65. The smallest absolute Gasteiger partial charge is 0.290 e. The average molecular weight is 231 g/mol. The zero-order chi connectivity index (χ0) is 12.3. The van der Waals surface area contributed by atoms with Crippen LogP contribution in [-0.4, -0.2) is 14.5 Å². The molecule has 0 aromatic carbocycles. The van der Waals surface area contributed by atoms with Crippen molar-refractivity contribution in [3.63, 3.8) is 0 Å². The molecule has 2 rings (SSSR count). The topological polar surface area (TPSA) is 50.7 Å². The molecule has 0 saturated carbocycles. The van der Waals surface area contributed by atoms with Crippen LogP contribution in [0.15, 0.2) is 23.6 Å². The Labute approximate surface area is 100.0 Å². The molecular weight excluding hydrogens is 214 g/mol. The van der Waals surface area contributed by atoms with Gasteiger partial charge in [-0.15, -0.1) is 0 Å². The van der Waals surface area contributed by atoms with Gasteiger partial charge in [0, 0.05) is 12.7 Å². The number of aromatic amines is 1. The molecule has 4 nitrogen and oxygen atoms in total. The normalized spacial score (nSPS) is 10.9. The fourth-order valence-electron chi connectivity index (χ4n) is 1.90. The van der Waals surface area contributed by atoms with Gasteiger partial charge in [-0.2, -0.15) is 0 Å². The van der Waals surface area contributed by atoms with E-state index in [1.54, 1.807) is 16.8 Å². The van der Waals surface area contributed by atoms with E-state index >= 15 is 0 Å². The second-order valence-corrected chi connectivity index (χ2v) is 4.13. The molecule has 4 heteroatoms. The minimum atomic E-state index is -0.0789. The molecule has 0 amide bonds. The van der Waals surface area contributed by atoms with E-state index in [-0.39, 0.29) is 5.69 Å². The summed E-state index contributed by atoms with van der Waals surface area (Å²) in [7, 11) is 0. The van der Waals surface area contributed by atoms with E-state index in [0.717, 1.165) is 36.9 Å². The summed E-state index contributed by atoms with van der Waals surface area (Å²) in [5.74, 6) is 0. The third kappa shape index (κ3) is 2.30. The molecule has 0 bridgehead atoms. The Hall–Kier alpha value is -1.84. The maximum Gasteiger partial charge on any atom is 0.327 e. The second-order valence-electron chi connectivity index (χ2n) is 4.13. The van der Waals surface area contributed by atoms with Crippen LogP contribution in [-0.2, 0) is 6.54 Å². The van der Waals surface area contributed by atoms with Crippen LogP contribution in [0, 0.1) is 0 Å². The maximum absolute atomic E-state index is 11.8. The highest BCUT2D eigenvalue weighted by atomic mass is 16.1. The summed E-state index contributed by atoms with van der Waals surface area (Å²) in [5.41, 5.74) is 2.37. The standard InChI is InChI=1S/C13H17N3O/c1-3-5-6-7-16-11-8-10(4-2)9-14-12(11)15-13(16)17/h4,8-9H,2-3,5-7H2,1H3,(H,14,15,17). The summed E-state index contributed by atoms with van der Waals surface area (Å²) in [4.78, 5) is 18.8. The zero-order valence-corrected chi connectivity index (χ0v) is 10.1. The predicted octanol–water partition coefficient (Wildman–Crippen LogP) is 2.56. The monoisotopic (exact) mass is 231 g/mol. The molecule has 1 N–H and O–H groups in total. The van der Waals surface area contributed by atoms with Crippen molar-refractivity contribution < 1.29 is 0 Å². The summed E-state index contributed by atoms with van der Waals surface area (Å²) in [6.45, 7) is 6.61. The van der Waals surface area contributed by atoms with Crippen molar-refractivity contribution in [2.75, 3.05) is 0 Å². The van der Waals surface area contributed by atoms with E-state index in [2.05, 4.69) is 23.5 Å². The highest BCUT2D eigenvalue weighted by Crippen LogP contribution is 2.11. The third-order valence-electron chi connectivity index (χ3n) is 2.87. The molecule has 2 aromatic heterocycles. The molecule has 2 aromatic rings. The van der Waals surface area contributed by atoms with Crippen molar-refractivity contribution in [3.8, 4) is 0 Å². The minimum Gasteiger partial charge on any atom is -0.290 e. The molecule has 0 fully saturated rings. The molecule has 0 saturated heterocycles. The fourth-order valence-corrected chi connectivity index (χ4v) is 1.90. The lowest BCUT2D eigenvalue weighted by molar-refractivity contribution is 0.600. The predicted molar refractivity (Wildman–Crippen MR) is 70.0 cm³/mol. The number of aromatic nitrogens is 3. The number of imidazole rings is 1. The van der Waals surface area contributed by atoms with Gasteiger partial charge in [0.05, 0.1) is 5.52 Å². The summed E-state index contributed by atoms with van der Waals surface area (Å²) < 4.78 is 1.75. The van der Waals surface area contributed by atoms with Crippen molar-refractivity contribution in [1.82, 2.24) is 14.5 Å². The Kier molecular flexibility index (Phi) is 3.42. The first-order chi connectivity index (χ1) is 8.26. The number of pyridine rings is 1. The zero-order valence-electron chi connectivity index (χ0n) is 10.1. The highest BCUT2D eigenvalue weighted by molar-refractivity contribution is 5.73. The van der Waals surface area contributed by atoms with Gasteiger partial charge < -0.3 is 0 Å². The molecule has 0 unspecified atom stereocenters. The molecule has 0 aliphatic carbocycles. The van der Waals surface area contributed by atoms with Crippen LogP contribution >= 0.6 is 0 Å². The maximum atomic E-state index is 11.8. The van der Waals surface area contributed by atoms with Crippen LogP contribution in [0.25, 0.3) is 17.2 Å². The summed E-state index contributed by atoms with van der Waals surface area (Å²) >= 11 is 0. The van der Waals surface area contributed by atoms with Gasteiger partial charge in [-0.25, -0.2) is 9.78 Å². The summed E-state index contributed by atoms with van der Waals surface area (Å²) in [5, 5.41) is 0. The molecule has 2 heterocycles. The molecule has 0 radical (unpaired) electrons. The van der Waals surface area contributed by atoms with Crippen LogP contribution < -0.4 is 5.69 Å². The van der Waals surface area contributed by atoms with Gasteiger partial charge in [0.2, 0.25) is 0 Å². The van der Waals surface area contributed by atoms with Gasteiger partial charge in [0.15, 0.2) is 5.65 Å². The second kappa shape index (κ2) is 4.99. The first-order valence-corrected chi connectivity index (χ1v) is 5.97. The van der Waals surface area contributed by atoms with Crippen LogP contribution in [0.2, 0.25) is 0 Å². The Morgan fingerprint density at radius 2 is 2.35 bits per heavy atom. The molecule has 90 valence electrons. The number of fused-ring (bicyclic) bond motifs is 1. The molecule has 0 spiro atoms. The number of rotatable bonds is 5. The van der Waals surface area contributed by atoms with Gasteiger partial charge in [-0.05, 0) is 18.1 Å². The number of H-pyrrole nitrogens is 1. The van der Waals surface area contributed by atoms with Gasteiger partial charge in [0.1, 0.15) is 0 Å². The molecule has 0 atom stereocenters. The minimum absolute atomic E-state index is 0.0789. The lowest BCUT2D eigenvalue weighted by Crippen LogP contribution is -2.16. The quantitative estimate of drug-likeness (QED) is 0.804. The first kappa shape index (κ1) is 11.6. The van der Waals surface area contributed by atoms with Crippen molar-refractivity contribution >= 4 is 17.2 Å². The van der Waals surface area contributed by atoms with Gasteiger partial charge >= 0.3 is 5.69 Å². The SMILES string of the molecule is C=Cc1cnc2[nH]c(=O)n(CCCCC)c2c1. The van der Waals surface area contributed by atoms with E-state index in [1.165, 1.54) is 0 Å². The van der Waals surface area contributed by atoms with Gasteiger partial charge in [-0.1, -0.05) is 32.4 Å². The number of hydrogen-bond donors (Lipinski definition) is 1. The molecule has 17 heavy (non-hydrogen) atoms. The van der Waals surface area contributed by atoms with Gasteiger partial charge in [0.25, 0.3) is 0 Å². The number of aryl methyl sites for hydroxylation is 1. The van der Waals surface area contributed by atoms with E-state index in [4.69, 9.17) is 0 Å². The third-order valence-corrected chi connectivity index (χ3v) is 2.87. The number of nitrogens with zero attached hydrogens (tertiary/aromatic N) is 2. The Bertz CT molecular complexity index is 580. The Morgan fingerprint density at radius 1 is 1.53 bits per heavy atom. The lowest BCUT2D eigenvalue weighted by Gasteiger charge is -2.02. The van der Waals surface area contributed by atoms with E-state index in [0.29, 0.717) is 5.65 Å². The Balaban J connectivity index is 2.41. The molecule has 0 aliphatic rings. The van der Waals surface area contributed by atoms with Crippen LogP contribution in [0.4, 0.5) is 0 Å². The fraction of sp³-hybridized carbons (Fsp3) is 0.385. The van der Waals surface area contributed by atoms with Crippen molar-refractivity contribution in [2.24, 2.45) is 0 Å². The largest absolute Gasteiger partial charge is 0.327 e. The van der Waals surface area contributed by atoms with Crippen LogP contribution in [0.1, 0.15) is 31.7 Å². The van der Waals surface area contributed by atoms with Gasteiger partial charge in [-0.3, -0.25) is 9.55 Å². The first-order valence-electron chi connectivity index (χ1n) is 5.97. The van der Waals surface area contributed by atoms with Crippen molar-refractivity contribution in [2.45, 2.75) is 32.7 Å². The van der Waals surface area contributed by atoms with E-state index < -0.39 is 0 Å². The van der Waals surface area contributed by atoms with Crippen LogP contribution in [0.5, 0.6) is 0 Å².